The first kappa shape index (κ1) is 16.4. The van der Waals surface area contributed by atoms with Crippen LogP contribution in [0.15, 0.2) is 46.1 Å². The number of fused-ring (bicyclic) bond motifs is 1. The fourth-order valence-corrected chi connectivity index (χ4v) is 2.62. The molecule has 3 aromatic rings. The molecule has 0 atom stereocenters. The molecule has 0 saturated heterocycles. The summed E-state index contributed by atoms with van der Waals surface area (Å²) in [7, 11) is 4.25. The molecule has 0 aliphatic carbocycles. The Balaban J connectivity index is 2.24. The summed E-state index contributed by atoms with van der Waals surface area (Å²) in [4.78, 5) is 40.7. The van der Waals surface area contributed by atoms with E-state index in [1.807, 2.05) is 0 Å². The molecule has 0 amide bonds. The molecule has 0 radical (unpaired) electrons. The van der Waals surface area contributed by atoms with Crippen molar-refractivity contribution in [2.24, 2.45) is 14.1 Å². The van der Waals surface area contributed by atoms with Gasteiger partial charge in [-0.2, -0.15) is 0 Å². The van der Waals surface area contributed by atoms with Crippen molar-refractivity contribution in [2.75, 3.05) is 12.4 Å². The second-order valence-corrected chi connectivity index (χ2v) is 5.43. The van der Waals surface area contributed by atoms with Crippen LogP contribution in [-0.4, -0.2) is 27.2 Å². The SMILES string of the molecule is COC(=O)c1ccccc1Nc1ccnc2c1c(=O)n(C)c(=O)n2C. The Bertz CT molecular complexity index is 1100. The van der Waals surface area contributed by atoms with Gasteiger partial charge in [-0.1, -0.05) is 12.1 Å². The van der Waals surface area contributed by atoms with Gasteiger partial charge >= 0.3 is 11.7 Å². The second kappa shape index (κ2) is 6.23. The number of pyridine rings is 1. The number of rotatable bonds is 3. The van der Waals surface area contributed by atoms with Gasteiger partial charge in [0, 0.05) is 20.3 Å². The first-order valence-electron chi connectivity index (χ1n) is 7.44. The number of hydrogen-bond donors (Lipinski definition) is 1. The Morgan fingerprint density at radius 3 is 2.52 bits per heavy atom. The number of benzene rings is 1. The third-order valence-corrected chi connectivity index (χ3v) is 3.94. The van der Waals surface area contributed by atoms with E-state index in [1.165, 1.54) is 24.9 Å². The lowest BCUT2D eigenvalue weighted by Crippen LogP contribution is -2.37. The van der Waals surface area contributed by atoms with Gasteiger partial charge in [-0.3, -0.25) is 13.9 Å². The third-order valence-electron chi connectivity index (χ3n) is 3.94. The smallest absolute Gasteiger partial charge is 0.339 e. The van der Waals surface area contributed by atoms with Crippen LogP contribution >= 0.6 is 0 Å². The molecule has 3 rings (SSSR count). The van der Waals surface area contributed by atoms with Gasteiger partial charge in [0.1, 0.15) is 5.39 Å². The number of nitrogens with zero attached hydrogens (tertiary/aromatic N) is 3. The highest BCUT2D eigenvalue weighted by atomic mass is 16.5. The lowest BCUT2D eigenvalue weighted by atomic mass is 10.1. The first-order valence-corrected chi connectivity index (χ1v) is 7.44. The molecule has 2 heterocycles. The average Bonchev–Trinajstić information content (AvgIpc) is 2.64. The lowest BCUT2D eigenvalue weighted by molar-refractivity contribution is 0.0602. The van der Waals surface area contributed by atoms with Crippen LogP contribution in [0.5, 0.6) is 0 Å². The standard InChI is InChI=1S/C17H16N4O4/c1-20-14-13(15(22)21(2)17(20)24)12(8-9-18-14)19-11-7-5-4-6-10(11)16(23)25-3/h4-9H,1-3H3,(H,18,19). The minimum absolute atomic E-state index is 0.256. The number of hydrogen-bond acceptors (Lipinski definition) is 6. The van der Waals surface area contributed by atoms with Crippen molar-refractivity contribution in [3.63, 3.8) is 0 Å². The van der Waals surface area contributed by atoms with E-state index in [-0.39, 0.29) is 11.0 Å². The molecule has 0 unspecified atom stereocenters. The van der Waals surface area contributed by atoms with Crippen LogP contribution in [0.1, 0.15) is 10.4 Å². The summed E-state index contributed by atoms with van der Waals surface area (Å²) in [6, 6.07) is 8.40. The molecule has 0 saturated carbocycles. The fourth-order valence-electron chi connectivity index (χ4n) is 2.62. The van der Waals surface area contributed by atoms with E-state index in [9.17, 15) is 14.4 Å². The molecule has 0 spiro atoms. The minimum atomic E-state index is -0.498. The van der Waals surface area contributed by atoms with Gasteiger partial charge in [-0.05, 0) is 18.2 Å². The molecule has 1 aromatic carbocycles. The van der Waals surface area contributed by atoms with E-state index in [2.05, 4.69) is 10.3 Å². The van der Waals surface area contributed by atoms with E-state index >= 15 is 0 Å². The zero-order chi connectivity index (χ0) is 18.1. The summed E-state index contributed by atoms with van der Waals surface area (Å²) in [5.74, 6) is -0.498. The summed E-state index contributed by atoms with van der Waals surface area (Å²) < 4.78 is 7.09. The van der Waals surface area contributed by atoms with E-state index in [4.69, 9.17) is 4.74 Å². The van der Waals surface area contributed by atoms with Crippen LogP contribution in [0.2, 0.25) is 0 Å². The van der Waals surface area contributed by atoms with Crippen LogP contribution in [0, 0.1) is 0 Å². The Kier molecular flexibility index (Phi) is 4.10. The van der Waals surface area contributed by atoms with E-state index < -0.39 is 17.2 Å². The minimum Gasteiger partial charge on any atom is -0.465 e. The predicted molar refractivity (Wildman–Crippen MR) is 93.3 cm³/mol. The van der Waals surface area contributed by atoms with Gasteiger partial charge in [0.05, 0.1) is 24.0 Å². The number of carbonyl (C=O) groups excluding carboxylic acids is 1. The maximum absolute atomic E-state index is 12.6. The Morgan fingerprint density at radius 1 is 1.08 bits per heavy atom. The Morgan fingerprint density at radius 2 is 1.80 bits per heavy atom. The number of carbonyl (C=O) groups is 1. The number of nitrogens with one attached hydrogen (secondary N) is 1. The molecule has 8 heteroatoms. The summed E-state index contributed by atoms with van der Waals surface area (Å²) >= 11 is 0. The molecule has 8 nitrogen and oxygen atoms in total. The van der Waals surface area contributed by atoms with Crippen LogP contribution < -0.4 is 16.6 Å². The summed E-state index contributed by atoms with van der Waals surface area (Å²) in [5, 5.41) is 3.33. The van der Waals surface area contributed by atoms with Gasteiger partial charge in [0.15, 0.2) is 5.65 Å². The highest BCUT2D eigenvalue weighted by Gasteiger charge is 2.16. The van der Waals surface area contributed by atoms with Crippen LogP contribution in [-0.2, 0) is 18.8 Å². The van der Waals surface area contributed by atoms with Gasteiger partial charge in [-0.15, -0.1) is 0 Å². The van der Waals surface area contributed by atoms with Gasteiger partial charge < -0.3 is 10.1 Å². The quantitative estimate of drug-likeness (QED) is 0.719. The topological polar surface area (TPSA) is 95.2 Å². The molecular weight excluding hydrogens is 324 g/mol. The highest BCUT2D eigenvalue weighted by Crippen LogP contribution is 2.24. The molecule has 1 N–H and O–H groups in total. The number of esters is 1. The molecule has 128 valence electrons. The zero-order valence-corrected chi connectivity index (χ0v) is 13.9. The van der Waals surface area contributed by atoms with Gasteiger partial charge in [0.25, 0.3) is 5.56 Å². The maximum Gasteiger partial charge on any atom is 0.339 e. The number of methoxy groups -OCH3 is 1. The molecule has 0 fully saturated rings. The van der Waals surface area contributed by atoms with E-state index in [1.54, 1.807) is 37.4 Å². The largest absolute Gasteiger partial charge is 0.465 e. The van der Waals surface area contributed by atoms with Crippen LogP contribution in [0.3, 0.4) is 0 Å². The van der Waals surface area contributed by atoms with Crippen LogP contribution in [0.25, 0.3) is 11.0 Å². The summed E-state index contributed by atoms with van der Waals surface area (Å²) in [5.41, 5.74) is 0.585. The van der Waals surface area contributed by atoms with Crippen LogP contribution in [0.4, 0.5) is 11.4 Å². The molecular formula is C17H16N4O4. The Labute approximate surface area is 142 Å². The monoisotopic (exact) mass is 340 g/mol. The van der Waals surface area contributed by atoms with Crippen molar-refractivity contribution < 1.29 is 9.53 Å². The Hall–Kier alpha value is -3.42. The van der Waals surface area contributed by atoms with E-state index in [0.717, 1.165) is 4.57 Å². The zero-order valence-electron chi connectivity index (χ0n) is 13.9. The average molecular weight is 340 g/mol. The highest BCUT2D eigenvalue weighted by molar-refractivity contribution is 5.98. The van der Waals surface area contributed by atoms with Crippen molar-refractivity contribution in [1.82, 2.24) is 14.1 Å². The van der Waals surface area contributed by atoms with E-state index in [0.29, 0.717) is 16.9 Å². The van der Waals surface area contributed by atoms with Crippen molar-refractivity contribution >= 4 is 28.4 Å². The summed E-state index contributed by atoms with van der Waals surface area (Å²) in [6.07, 6.45) is 1.49. The second-order valence-electron chi connectivity index (χ2n) is 5.43. The van der Waals surface area contributed by atoms with Crippen molar-refractivity contribution in [2.45, 2.75) is 0 Å². The lowest BCUT2D eigenvalue weighted by Gasteiger charge is -2.14. The molecule has 25 heavy (non-hydrogen) atoms. The number of aromatic nitrogens is 3. The normalized spacial score (nSPS) is 10.7. The predicted octanol–water partition coefficient (Wildman–Crippen LogP) is 1.16. The molecule has 2 aromatic heterocycles. The third kappa shape index (κ3) is 2.67. The van der Waals surface area contributed by atoms with Crippen molar-refractivity contribution in [3.05, 3.63) is 62.9 Å². The number of ether oxygens (including phenoxy) is 1. The fraction of sp³-hybridized carbons (Fsp3) is 0.176. The number of aryl methyl sites for hydroxylation is 1. The van der Waals surface area contributed by atoms with Crippen molar-refractivity contribution in [3.8, 4) is 0 Å². The molecule has 0 aliphatic rings. The van der Waals surface area contributed by atoms with Gasteiger partial charge in [-0.25, -0.2) is 14.6 Å². The van der Waals surface area contributed by atoms with Gasteiger partial charge in [0.2, 0.25) is 0 Å². The number of anilines is 2. The summed E-state index contributed by atoms with van der Waals surface area (Å²) in [6.45, 7) is 0. The first-order chi connectivity index (χ1) is 12.0. The van der Waals surface area contributed by atoms with Crippen molar-refractivity contribution in [1.29, 1.82) is 0 Å². The molecule has 0 aliphatic heterocycles. The maximum atomic E-state index is 12.6. The number of para-hydroxylation sites is 1. The molecule has 0 bridgehead atoms.